The van der Waals surface area contributed by atoms with E-state index in [0.717, 1.165) is 63.2 Å². The van der Waals surface area contributed by atoms with E-state index in [0.29, 0.717) is 6.10 Å². The van der Waals surface area contributed by atoms with Gasteiger partial charge < -0.3 is 14.4 Å². The van der Waals surface area contributed by atoms with Gasteiger partial charge in [0.2, 0.25) is 0 Å². The van der Waals surface area contributed by atoms with Crippen molar-refractivity contribution in [2.75, 3.05) is 37.8 Å². The summed E-state index contributed by atoms with van der Waals surface area (Å²) < 4.78 is 12.2. The molecule has 1 aliphatic carbocycles. The maximum Gasteiger partial charge on any atom is 0.151 e. The predicted molar refractivity (Wildman–Crippen MR) is 88.5 cm³/mol. The molecule has 2 aliphatic heterocycles. The standard InChI is InChI=1S/C18H27N3O2/c1-14-3-6-17(20-19-14)21-9-7-16-18(12-21,8-2-10-23-16)13-22-11-15-4-5-15/h3,6,15-16H,2,4-5,7-13H2,1H3/t16-,18+/m0/s1. The Morgan fingerprint density at radius 2 is 2.22 bits per heavy atom. The van der Waals surface area contributed by atoms with Gasteiger partial charge in [-0.15, -0.1) is 5.10 Å². The van der Waals surface area contributed by atoms with E-state index in [9.17, 15) is 0 Å². The van der Waals surface area contributed by atoms with Crippen molar-refractivity contribution in [3.63, 3.8) is 0 Å². The monoisotopic (exact) mass is 317 g/mol. The molecule has 5 nitrogen and oxygen atoms in total. The highest BCUT2D eigenvalue weighted by molar-refractivity contribution is 5.39. The Labute approximate surface area is 138 Å². The van der Waals surface area contributed by atoms with Gasteiger partial charge in [-0.25, -0.2) is 0 Å². The molecule has 5 heteroatoms. The van der Waals surface area contributed by atoms with Gasteiger partial charge in [0.05, 0.1) is 18.4 Å². The van der Waals surface area contributed by atoms with Crippen molar-refractivity contribution in [3.8, 4) is 0 Å². The molecule has 3 heterocycles. The normalized spacial score (nSPS) is 31.0. The summed E-state index contributed by atoms with van der Waals surface area (Å²) in [6.07, 6.45) is 6.41. The SMILES string of the molecule is Cc1ccc(N2CC[C@@H]3OCCC[C@]3(COCC3CC3)C2)nn1. The van der Waals surface area contributed by atoms with Crippen molar-refractivity contribution in [3.05, 3.63) is 17.8 Å². The number of aryl methyl sites for hydroxylation is 1. The van der Waals surface area contributed by atoms with E-state index in [1.807, 2.05) is 13.0 Å². The molecule has 0 unspecified atom stereocenters. The minimum absolute atomic E-state index is 0.123. The summed E-state index contributed by atoms with van der Waals surface area (Å²) in [5.74, 6) is 1.80. The number of aromatic nitrogens is 2. The Morgan fingerprint density at radius 3 is 3.00 bits per heavy atom. The quantitative estimate of drug-likeness (QED) is 0.835. The summed E-state index contributed by atoms with van der Waals surface area (Å²) in [6, 6.07) is 4.13. The fourth-order valence-electron chi connectivity index (χ4n) is 3.97. The molecule has 4 rings (SSSR count). The van der Waals surface area contributed by atoms with Gasteiger partial charge in [-0.3, -0.25) is 0 Å². The second-order valence-electron chi connectivity index (χ2n) is 7.53. The molecule has 0 amide bonds. The van der Waals surface area contributed by atoms with Gasteiger partial charge in [0.1, 0.15) is 0 Å². The summed E-state index contributed by atoms with van der Waals surface area (Å²) in [5.41, 5.74) is 1.09. The number of nitrogens with zero attached hydrogens (tertiary/aromatic N) is 3. The molecule has 2 atom stereocenters. The van der Waals surface area contributed by atoms with Crippen LogP contribution in [-0.4, -0.2) is 49.2 Å². The van der Waals surface area contributed by atoms with E-state index >= 15 is 0 Å². The van der Waals surface area contributed by atoms with E-state index in [2.05, 4.69) is 21.2 Å². The molecule has 126 valence electrons. The first kappa shape index (κ1) is 15.3. The smallest absolute Gasteiger partial charge is 0.151 e. The molecular formula is C18H27N3O2. The zero-order valence-corrected chi connectivity index (χ0v) is 14.0. The molecule has 0 bridgehead atoms. The Hall–Kier alpha value is -1.20. The van der Waals surface area contributed by atoms with Crippen LogP contribution in [0.5, 0.6) is 0 Å². The molecule has 3 fully saturated rings. The molecule has 0 N–H and O–H groups in total. The lowest BCUT2D eigenvalue weighted by atomic mass is 9.73. The second kappa shape index (κ2) is 6.36. The first-order chi connectivity index (χ1) is 11.3. The Bertz CT molecular complexity index is 532. The van der Waals surface area contributed by atoms with E-state index in [1.165, 1.54) is 19.3 Å². The lowest BCUT2D eigenvalue weighted by Crippen LogP contribution is -2.57. The highest BCUT2D eigenvalue weighted by atomic mass is 16.5. The van der Waals surface area contributed by atoms with E-state index in [4.69, 9.17) is 9.47 Å². The molecule has 2 saturated heterocycles. The molecule has 23 heavy (non-hydrogen) atoms. The third-order valence-electron chi connectivity index (χ3n) is 5.54. The summed E-state index contributed by atoms with van der Waals surface area (Å²) in [5, 5.41) is 8.60. The number of rotatable bonds is 5. The highest BCUT2D eigenvalue weighted by Gasteiger charge is 2.46. The lowest BCUT2D eigenvalue weighted by molar-refractivity contribution is -0.126. The van der Waals surface area contributed by atoms with Gasteiger partial charge in [-0.2, -0.15) is 5.10 Å². The number of hydrogen-bond acceptors (Lipinski definition) is 5. The summed E-state index contributed by atoms with van der Waals surface area (Å²) in [6.45, 7) is 6.60. The van der Waals surface area contributed by atoms with Crippen LogP contribution in [-0.2, 0) is 9.47 Å². The van der Waals surface area contributed by atoms with E-state index < -0.39 is 0 Å². The van der Waals surface area contributed by atoms with Crippen LogP contribution in [0.25, 0.3) is 0 Å². The average Bonchev–Trinajstić information content (AvgIpc) is 3.39. The third-order valence-corrected chi connectivity index (χ3v) is 5.54. The van der Waals surface area contributed by atoms with Crippen molar-refractivity contribution in [2.45, 2.75) is 45.1 Å². The summed E-state index contributed by atoms with van der Waals surface area (Å²) in [4.78, 5) is 2.37. The Balaban J connectivity index is 1.47. The molecule has 3 aliphatic rings. The van der Waals surface area contributed by atoms with Gasteiger partial charge in [0.25, 0.3) is 0 Å². The summed E-state index contributed by atoms with van der Waals surface area (Å²) >= 11 is 0. The predicted octanol–water partition coefficient (Wildman–Crippen LogP) is 2.59. The zero-order valence-electron chi connectivity index (χ0n) is 14.0. The fraction of sp³-hybridized carbons (Fsp3) is 0.778. The highest BCUT2D eigenvalue weighted by Crippen LogP contribution is 2.42. The fourth-order valence-corrected chi connectivity index (χ4v) is 3.97. The maximum absolute atomic E-state index is 6.12. The number of ether oxygens (including phenoxy) is 2. The van der Waals surface area contributed by atoms with E-state index in [1.54, 1.807) is 0 Å². The van der Waals surface area contributed by atoms with Crippen molar-refractivity contribution in [1.29, 1.82) is 0 Å². The molecule has 1 saturated carbocycles. The first-order valence-electron chi connectivity index (χ1n) is 9.00. The average molecular weight is 317 g/mol. The largest absolute Gasteiger partial charge is 0.380 e. The molecule has 1 aromatic rings. The molecular weight excluding hydrogens is 290 g/mol. The number of piperidine rings is 1. The maximum atomic E-state index is 6.12. The summed E-state index contributed by atoms with van der Waals surface area (Å²) in [7, 11) is 0. The topological polar surface area (TPSA) is 47.5 Å². The van der Waals surface area contributed by atoms with Crippen LogP contribution in [0.1, 0.15) is 37.8 Å². The molecule has 0 spiro atoms. The number of anilines is 1. The minimum Gasteiger partial charge on any atom is -0.380 e. The van der Waals surface area contributed by atoms with Crippen LogP contribution in [0.3, 0.4) is 0 Å². The van der Waals surface area contributed by atoms with E-state index in [-0.39, 0.29) is 5.41 Å². The van der Waals surface area contributed by atoms with Gasteiger partial charge in [0.15, 0.2) is 5.82 Å². The Kier molecular flexibility index (Phi) is 4.24. The van der Waals surface area contributed by atoms with Gasteiger partial charge in [-0.1, -0.05) is 0 Å². The zero-order chi connectivity index (χ0) is 15.7. The Morgan fingerprint density at radius 1 is 1.30 bits per heavy atom. The van der Waals surface area contributed by atoms with Crippen molar-refractivity contribution in [1.82, 2.24) is 10.2 Å². The number of fused-ring (bicyclic) bond motifs is 1. The van der Waals surface area contributed by atoms with Crippen molar-refractivity contribution < 1.29 is 9.47 Å². The van der Waals surface area contributed by atoms with Gasteiger partial charge in [0, 0.05) is 31.7 Å². The van der Waals surface area contributed by atoms with Crippen LogP contribution in [0.15, 0.2) is 12.1 Å². The van der Waals surface area contributed by atoms with Crippen molar-refractivity contribution in [2.24, 2.45) is 11.3 Å². The van der Waals surface area contributed by atoms with Crippen LogP contribution in [0.4, 0.5) is 5.82 Å². The third kappa shape index (κ3) is 3.36. The van der Waals surface area contributed by atoms with Gasteiger partial charge in [-0.05, 0) is 57.1 Å². The molecule has 1 aromatic heterocycles. The molecule has 0 radical (unpaired) electrons. The lowest BCUT2D eigenvalue weighted by Gasteiger charge is -2.50. The molecule has 0 aromatic carbocycles. The van der Waals surface area contributed by atoms with Crippen LogP contribution < -0.4 is 4.90 Å². The number of hydrogen-bond donors (Lipinski definition) is 0. The van der Waals surface area contributed by atoms with Crippen LogP contribution in [0, 0.1) is 18.3 Å². The van der Waals surface area contributed by atoms with Crippen LogP contribution >= 0.6 is 0 Å². The van der Waals surface area contributed by atoms with Crippen molar-refractivity contribution >= 4 is 5.82 Å². The van der Waals surface area contributed by atoms with Gasteiger partial charge >= 0.3 is 0 Å². The van der Waals surface area contributed by atoms with Crippen LogP contribution in [0.2, 0.25) is 0 Å². The minimum atomic E-state index is 0.123. The second-order valence-corrected chi connectivity index (χ2v) is 7.53. The first-order valence-corrected chi connectivity index (χ1v) is 9.00.